The lowest BCUT2D eigenvalue weighted by Gasteiger charge is -2.29. The van der Waals surface area contributed by atoms with Gasteiger partial charge in [0.15, 0.2) is 0 Å². The number of methoxy groups -OCH3 is 1. The summed E-state index contributed by atoms with van der Waals surface area (Å²) < 4.78 is 12.7. The molecule has 0 aliphatic rings. The van der Waals surface area contributed by atoms with E-state index in [1.54, 1.807) is 37.0 Å². The molecule has 0 saturated carbocycles. The Morgan fingerprint density at radius 3 is 2.46 bits per heavy atom. The Balaban J connectivity index is 1.69. The van der Waals surface area contributed by atoms with Crippen LogP contribution in [0.5, 0.6) is 5.75 Å². The second kappa shape index (κ2) is 11.0. The molecule has 5 aromatic rings. The van der Waals surface area contributed by atoms with Crippen LogP contribution in [-0.4, -0.2) is 39.4 Å². The number of pyridine rings is 2. The van der Waals surface area contributed by atoms with E-state index in [1.165, 1.54) is 0 Å². The third kappa shape index (κ3) is 5.82. The summed E-state index contributed by atoms with van der Waals surface area (Å²) in [7, 11) is 1.62. The number of ether oxygens (including phenoxy) is 2. The van der Waals surface area contributed by atoms with Crippen LogP contribution in [0.4, 0.5) is 0 Å². The zero-order valence-electron chi connectivity index (χ0n) is 22.5. The highest BCUT2D eigenvalue weighted by atomic mass is 35.5. The molecule has 200 valence electrons. The minimum absolute atomic E-state index is 0.141. The third-order valence-corrected chi connectivity index (χ3v) is 7.69. The Morgan fingerprint density at radius 2 is 1.77 bits per heavy atom. The van der Waals surface area contributed by atoms with Gasteiger partial charge in [0.25, 0.3) is 0 Å². The molecule has 1 unspecified atom stereocenters. The van der Waals surface area contributed by atoms with Crippen LogP contribution in [0.15, 0.2) is 67.1 Å². The number of aromatic nitrogens is 3. The summed E-state index contributed by atoms with van der Waals surface area (Å²) in [6.07, 6.45) is 4.72. The van der Waals surface area contributed by atoms with Crippen LogP contribution in [0, 0.1) is 6.92 Å². The predicted octanol–water partition coefficient (Wildman–Crippen LogP) is 7.91. The lowest BCUT2D eigenvalue weighted by molar-refractivity contribution is -0.0821. The van der Waals surface area contributed by atoms with Gasteiger partial charge in [-0.3, -0.25) is 9.97 Å². The Hall–Kier alpha value is -3.36. The number of nitrogens with zero attached hydrogens (tertiary/aromatic N) is 3. The Morgan fingerprint density at radius 1 is 1.00 bits per heavy atom. The van der Waals surface area contributed by atoms with Crippen LogP contribution in [0.1, 0.15) is 38.0 Å². The first-order chi connectivity index (χ1) is 18.7. The summed E-state index contributed by atoms with van der Waals surface area (Å²) >= 11 is 7.85. The van der Waals surface area contributed by atoms with E-state index < -0.39 is 11.7 Å². The maximum Gasteiger partial charge on any atom is 0.137 e. The van der Waals surface area contributed by atoms with Crippen molar-refractivity contribution in [3.63, 3.8) is 0 Å². The molecule has 1 atom stereocenters. The highest BCUT2D eigenvalue weighted by Gasteiger charge is 2.27. The molecular weight excluding hydrogens is 530 g/mol. The molecule has 0 amide bonds. The number of benzene rings is 2. The van der Waals surface area contributed by atoms with Crippen molar-refractivity contribution in [1.82, 2.24) is 15.0 Å². The first-order valence-corrected chi connectivity index (χ1v) is 13.8. The van der Waals surface area contributed by atoms with E-state index in [4.69, 9.17) is 26.1 Å². The quantitative estimate of drug-likeness (QED) is 0.218. The van der Waals surface area contributed by atoms with E-state index in [0.29, 0.717) is 10.8 Å². The molecule has 0 spiro atoms. The van der Waals surface area contributed by atoms with Gasteiger partial charge in [0.2, 0.25) is 0 Å². The second-order valence-corrected chi connectivity index (χ2v) is 11.7. The fraction of sp³-hybridized carbons (Fsp3) is 0.258. The summed E-state index contributed by atoms with van der Waals surface area (Å²) in [4.78, 5) is 13.9. The molecule has 5 rings (SSSR count). The van der Waals surface area contributed by atoms with Gasteiger partial charge in [0.1, 0.15) is 16.9 Å². The fourth-order valence-corrected chi connectivity index (χ4v) is 5.91. The molecule has 0 bridgehead atoms. The normalized spacial score (nSPS) is 12.6. The second-order valence-electron chi connectivity index (χ2n) is 10.3. The molecule has 6 nitrogen and oxygen atoms in total. The lowest BCUT2D eigenvalue weighted by Crippen LogP contribution is -2.25. The number of hydrogen-bond acceptors (Lipinski definition) is 7. The molecule has 0 aliphatic heterocycles. The topological polar surface area (TPSA) is 77.4 Å². The number of thiazole rings is 1. The van der Waals surface area contributed by atoms with E-state index in [2.05, 4.69) is 16.0 Å². The zero-order chi connectivity index (χ0) is 27.7. The number of fused-ring (bicyclic) bond motifs is 1. The highest BCUT2D eigenvalue weighted by molar-refractivity contribution is 7.22. The van der Waals surface area contributed by atoms with Gasteiger partial charge in [0, 0.05) is 34.1 Å². The molecule has 3 aromatic heterocycles. The molecule has 39 heavy (non-hydrogen) atoms. The number of aliphatic hydroxyl groups excluding tert-OH is 1. The monoisotopic (exact) mass is 559 g/mol. The van der Waals surface area contributed by atoms with Crippen molar-refractivity contribution in [2.75, 3.05) is 13.7 Å². The average molecular weight is 560 g/mol. The first kappa shape index (κ1) is 27.2. The highest BCUT2D eigenvalue weighted by Crippen LogP contribution is 2.44. The Kier molecular flexibility index (Phi) is 7.69. The Bertz CT molecular complexity index is 1630. The van der Waals surface area contributed by atoms with Gasteiger partial charge in [-0.1, -0.05) is 23.7 Å². The standard InChI is InChI=1S/C31H30ClN3O3S/c1-18-12-25-29(28(19-6-8-22(32)9-7-19)27(18)26(17-36)38-31(2,3)4)39-30(35-25)20-10-11-34-24(14-20)21-13-23(37-5)16-33-15-21/h6-16,26,36H,17H2,1-5H3. The summed E-state index contributed by atoms with van der Waals surface area (Å²) in [5, 5.41) is 12.0. The van der Waals surface area contributed by atoms with Gasteiger partial charge in [0.05, 0.1) is 41.4 Å². The van der Waals surface area contributed by atoms with Crippen LogP contribution < -0.4 is 4.74 Å². The van der Waals surface area contributed by atoms with Crippen LogP contribution >= 0.6 is 22.9 Å². The van der Waals surface area contributed by atoms with E-state index in [-0.39, 0.29) is 6.61 Å². The largest absolute Gasteiger partial charge is 0.495 e. The number of aliphatic hydroxyl groups is 1. The molecule has 8 heteroatoms. The molecule has 3 heterocycles. The maximum absolute atomic E-state index is 10.4. The van der Waals surface area contributed by atoms with Gasteiger partial charge in [-0.2, -0.15) is 0 Å². The van der Waals surface area contributed by atoms with Gasteiger partial charge < -0.3 is 14.6 Å². The summed E-state index contributed by atoms with van der Waals surface area (Å²) in [6.45, 7) is 7.89. The lowest BCUT2D eigenvalue weighted by atomic mass is 9.91. The zero-order valence-corrected chi connectivity index (χ0v) is 24.1. The van der Waals surface area contributed by atoms with Gasteiger partial charge >= 0.3 is 0 Å². The predicted molar refractivity (Wildman–Crippen MR) is 158 cm³/mol. The van der Waals surface area contributed by atoms with Crippen LogP contribution in [-0.2, 0) is 4.74 Å². The van der Waals surface area contributed by atoms with Crippen molar-refractivity contribution in [3.05, 3.63) is 83.3 Å². The summed E-state index contributed by atoms with van der Waals surface area (Å²) in [5.41, 5.74) is 7.00. The smallest absolute Gasteiger partial charge is 0.137 e. The number of rotatable bonds is 7. The van der Waals surface area contributed by atoms with Crippen LogP contribution in [0.3, 0.4) is 0 Å². The van der Waals surface area contributed by atoms with E-state index >= 15 is 0 Å². The molecule has 0 radical (unpaired) electrons. The van der Waals surface area contributed by atoms with Crippen molar-refractivity contribution in [2.24, 2.45) is 0 Å². The number of hydrogen-bond donors (Lipinski definition) is 1. The first-order valence-electron chi connectivity index (χ1n) is 12.6. The fourth-order valence-electron chi connectivity index (χ4n) is 4.66. The summed E-state index contributed by atoms with van der Waals surface area (Å²) in [6, 6.07) is 15.7. The minimum atomic E-state index is -0.501. The molecular formula is C31H30ClN3O3S. The molecule has 0 aliphatic carbocycles. The minimum Gasteiger partial charge on any atom is -0.495 e. The van der Waals surface area contributed by atoms with Crippen molar-refractivity contribution in [3.8, 4) is 38.7 Å². The molecule has 0 saturated heterocycles. The molecule has 0 fully saturated rings. The van der Waals surface area contributed by atoms with Crippen molar-refractivity contribution >= 4 is 33.2 Å². The number of halogens is 1. The molecule has 1 N–H and O–H groups in total. The van der Waals surface area contributed by atoms with Crippen molar-refractivity contribution in [1.29, 1.82) is 0 Å². The van der Waals surface area contributed by atoms with Gasteiger partial charge in [-0.15, -0.1) is 11.3 Å². The van der Waals surface area contributed by atoms with Gasteiger partial charge in [-0.05, 0) is 80.8 Å². The summed E-state index contributed by atoms with van der Waals surface area (Å²) in [5.74, 6) is 0.672. The SMILES string of the molecule is COc1cncc(-c2cc(-c3nc4cc(C)c(C(CO)OC(C)(C)C)c(-c5ccc(Cl)cc5)c4s3)ccn2)c1. The van der Waals surface area contributed by atoms with Crippen molar-refractivity contribution in [2.45, 2.75) is 39.4 Å². The maximum atomic E-state index is 10.4. The van der Waals surface area contributed by atoms with E-state index in [9.17, 15) is 5.11 Å². The van der Waals surface area contributed by atoms with E-state index in [1.807, 2.05) is 70.2 Å². The third-order valence-electron chi connectivity index (χ3n) is 6.30. The molecule has 2 aromatic carbocycles. The average Bonchev–Trinajstić information content (AvgIpc) is 3.35. The Labute approximate surface area is 237 Å². The van der Waals surface area contributed by atoms with Crippen LogP contribution in [0.25, 0.3) is 43.2 Å². The van der Waals surface area contributed by atoms with E-state index in [0.717, 1.165) is 54.3 Å². The van der Waals surface area contributed by atoms with Gasteiger partial charge in [-0.25, -0.2) is 4.98 Å². The number of aryl methyl sites for hydroxylation is 1. The van der Waals surface area contributed by atoms with Crippen LogP contribution in [0.2, 0.25) is 5.02 Å². The van der Waals surface area contributed by atoms with Crippen molar-refractivity contribution < 1.29 is 14.6 Å².